The van der Waals surface area contributed by atoms with E-state index in [1.807, 2.05) is 23.7 Å². The molecule has 0 amide bonds. The molecule has 1 saturated carbocycles. The molecule has 20 heavy (non-hydrogen) atoms. The molecule has 0 radical (unpaired) electrons. The zero-order valence-corrected chi connectivity index (χ0v) is 12.9. The van der Waals surface area contributed by atoms with Gasteiger partial charge in [0.1, 0.15) is 0 Å². The van der Waals surface area contributed by atoms with Crippen molar-refractivity contribution in [3.63, 3.8) is 0 Å². The fraction of sp³-hybridized carbons (Fsp3) is 0.500. The summed E-state index contributed by atoms with van der Waals surface area (Å²) in [4.78, 5) is 10.3. The quantitative estimate of drug-likeness (QED) is 0.883. The molecule has 0 bridgehead atoms. The number of nitrogens with zero attached hydrogens (tertiary/aromatic N) is 2. The van der Waals surface area contributed by atoms with E-state index in [0.717, 1.165) is 19.0 Å². The second-order valence-electron chi connectivity index (χ2n) is 5.76. The minimum Gasteiger partial charge on any atom is -0.309 e. The van der Waals surface area contributed by atoms with Crippen LogP contribution >= 0.6 is 11.3 Å². The minimum atomic E-state index is 0.494. The number of nitrogens with one attached hydrogen (secondary N) is 1. The molecule has 1 aliphatic rings. The van der Waals surface area contributed by atoms with Gasteiger partial charge in [-0.15, -0.1) is 11.3 Å². The van der Waals surface area contributed by atoms with Crippen molar-refractivity contribution in [3.05, 3.63) is 45.7 Å². The fourth-order valence-corrected chi connectivity index (χ4v) is 3.48. The van der Waals surface area contributed by atoms with E-state index in [1.165, 1.54) is 34.0 Å². The highest BCUT2D eigenvalue weighted by Gasteiger charge is 2.22. The maximum atomic E-state index is 4.86. The number of hydrogen-bond acceptors (Lipinski definition) is 4. The van der Waals surface area contributed by atoms with Crippen LogP contribution in [0.25, 0.3) is 0 Å². The van der Waals surface area contributed by atoms with E-state index in [0.29, 0.717) is 5.92 Å². The van der Waals surface area contributed by atoms with Crippen molar-refractivity contribution in [1.29, 1.82) is 0 Å². The molecule has 1 N–H and O–H groups in total. The largest absolute Gasteiger partial charge is 0.309 e. The summed E-state index contributed by atoms with van der Waals surface area (Å²) >= 11 is 1.86. The predicted octanol–water partition coefficient (Wildman–Crippen LogP) is 3.50. The lowest BCUT2D eigenvalue weighted by atomic mass is 10.1. The molecule has 0 unspecified atom stereocenters. The number of aromatic nitrogens is 2. The Hall–Kier alpha value is -1.26. The van der Waals surface area contributed by atoms with Gasteiger partial charge >= 0.3 is 0 Å². The predicted molar refractivity (Wildman–Crippen MR) is 83.1 cm³/mol. The van der Waals surface area contributed by atoms with Crippen LogP contribution in [0.5, 0.6) is 0 Å². The van der Waals surface area contributed by atoms with Gasteiger partial charge in [0, 0.05) is 36.3 Å². The molecule has 3 rings (SSSR count). The lowest BCUT2D eigenvalue weighted by Crippen LogP contribution is -2.15. The van der Waals surface area contributed by atoms with Crippen LogP contribution in [0.3, 0.4) is 0 Å². The molecule has 0 saturated heterocycles. The first-order chi connectivity index (χ1) is 9.72. The van der Waals surface area contributed by atoms with Gasteiger partial charge in [0.15, 0.2) is 0 Å². The monoisotopic (exact) mass is 287 g/mol. The molecular weight excluding hydrogens is 266 g/mol. The van der Waals surface area contributed by atoms with Gasteiger partial charge in [0.25, 0.3) is 0 Å². The van der Waals surface area contributed by atoms with Crippen molar-refractivity contribution in [2.24, 2.45) is 0 Å². The number of pyridine rings is 1. The molecule has 0 aromatic carbocycles. The zero-order chi connectivity index (χ0) is 13.9. The Kier molecular flexibility index (Phi) is 4.13. The van der Waals surface area contributed by atoms with Crippen LogP contribution in [-0.4, -0.2) is 16.0 Å². The van der Waals surface area contributed by atoms with Crippen LogP contribution < -0.4 is 5.32 Å². The van der Waals surface area contributed by atoms with Gasteiger partial charge in [0.2, 0.25) is 0 Å². The standard InChI is InChI=1S/C16H21N3S/c1-11(2)16-14(10-18-13-3-4-13)20-15(19-16)9-12-5-7-17-8-6-12/h5-8,11,13,18H,3-4,9-10H2,1-2H3. The topological polar surface area (TPSA) is 37.8 Å². The van der Waals surface area contributed by atoms with Gasteiger partial charge in [-0.3, -0.25) is 4.98 Å². The fourth-order valence-electron chi connectivity index (χ4n) is 2.27. The molecule has 0 atom stereocenters. The van der Waals surface area contributed by atoms with Crippen molar-refractivity contribution >= 4 is 11.3 Å². The Balaban J connectivity index is 1.75. The van der Waals surface area contributed by atoms with Crippen molar-refractivity contribution in [2.45, 2.75) is 51.6 Å². The summed E-state index contributed by atoms with van der Waals surface area (Å²) < 4.78 is 0. The van der Waals surface area contributed by atoms with Gasteiger partial charge in [0.05, 0.1) is 10.7 Å². The normalized spacial score (nSPS) is 14.9. The van der Waals surface area contributed by atoms with E-state index >= 15 is 0 Å². The Morgan fingerprint density at radius 2 is 2.05 bits per heavy atom. The molecular formula is C16H21N3S. The van der Waals surface area contributed by atoms with Crippen molar-refractivity contribution < 1.29 is 0 Å². The molecule has 2 aromatic rings. The molecule has 3 nitrogen and oxygen atoms in total. The third kappa shape index (κ3) is 3.44. The summed E-state index contributed by atoms with van der Waals surface area (Å²) in [5.74, 6) is 0.494. The maximum Gasteiger partial charge on any atom is 0.0975 e. The van der Waals surface area contributed by atoms with E-state index < -0.39 is 0 Å². The van der Waals surface area contributed by atoms with Crippen LogP contribution in [-0.2, 0) is 13.0 Å². The van der Waals surface area contributed by atoms with E-state index in [2.05, 4.69) is 36.3 Å². The molecule has 1 aliphatic carbocycles. The molecule has 1 fully saturated rings. The van der Waals surface area contributed by atoms with Crippen LogP contribution in [0.1, 0.15) is 53.7 Å². The average Bonchev–Trinajstić information content (AvgIpc) is 3.18. The van der Waals surface area contributed by atoms with Crippen molar-refractivity contribution in [2.75, 3.05) is 0 Å². The molecule has 0 aliphatic heterocycles. The van der Waals surface area contributed by atoms with E-state index in [4.69, 9.17) is 4.98 Å². The zero-order valence-electron chi connectivity index (χ0n) is 12.1. The second kappa shape index (κ2) is 6.02. The average molecular weight is 287 g/mol. The van der Waals surface area contributed by atoms with Crippen LogP contribution in [0, 0.1) is 0 Å². The van der Waals surface area contributed by atoms with Gasteiger partial charge in [-0.25, -0.2) is 4.98 Å². The number of hydrogen-bond donors (Lipinski definition) is 1. The second-order valence-corrected chi connectivity index (χ2v) is 6.93. The maximum absolute atomic E-state index is 4.86. The Morgan fingerprint density at radius 3 is 2.70 bits per heavy atom. The smallest absolute Gasteiger partial charge is 0.0975 e. The molecule has 4 heteroatoms. The summed E-state index contributed by atoms with van der Waals surface area (Å²) in [5.41, 5.74) is 2.55. The van der Waals surface area contributed by atoms with E-state index in [1.54, 1.807) is 0 Å². The summed E-state index contributed by atoms with van der Waals surface area (Å²) in [6.45, 7) is 5.43. The molecule has 2 heterocycles. The first-order valence-corrected chi connectivity index (χ1v) is 8.15. The lowest BCUT2D eigenvalue weighted by molar-refractivity contribution is 0.680. The SMILES string of the molecule is CC(C)c1nc(Cc2ccncc2)sc1CNC1CC1. The number of thiazole rings is 1. The Morgan fingerprint density at radius 1 is 1.30 bits per heavy atom. The Labute approximate surface area is 124 Å². The van der Waals surface area contributed by atoms with Gasteiger partial charge in [-0.05, 0) is 36.5 Å². The number of rotatable bonds is 6. The summed E-state index contributed by atoms with van der Waals surface area (Å²) in [6, 6.07) is 4.89. The van der Waals surface area contributed by atoms with Gasteiger partial charge < -0.3 is 5.32 Å². The van der Waals surface area contributed by atoms with Crippen molar-refractivity contribution in [1.82, 2.24) is 15.3 Å². The highest BCUT2D eigenvalue weighted by Crippen LogP contribution is 2.28. The van der Waals surface area contributed by atoms with Crippen LogP contribution in [0.15, 0.2) is 24.5 Å². The van der Waals surface area contributed by atoms with Crippen molar-refractivity contribution in [3.8, 4) is 0 Å². The van der Waals surface area contributed by atoms with E-state index in [9.17, 15) is 0 Å². The first kappa shape index (κ1) is 13.7. The molecule has 2 aromatic heterocycles. The molecule has 106 valence electrons. The highest BCUT2D eigenvalue weighted by atomic mass is 32.1. The van der Waals surface area contributed by atoms with Crippen LogP contribution in [0.4, 0.5) is 0 Å². The highest BCUT2D eigenvalue weighted by molar-refractivity contribution is 7.11. The van der Waals surface area contributed by atoms with Gasteiger partial charge in [-0.1, -0.05) is 13.8 Å². The third-order valence-corrected chi connectivity index (χ3v) is 4.62. The summed E-state index contributed by atoms with van der Waals surface area (Å²) in [7, 11) is 0. The molecule has 0 spiro atoms. The Bertz CT molecular complexity index is 558. The third-order valence-electron chi connectivity index (χ3n) is 3.55. The minimum absolute atomic E-state index is 0.494. The van der Waals surface area contributed by atoms with Crippen LogP contribution in [0.2, 0.25) is 0 Å². The summed E-state index contributed by atoms with van der Waals surface area (Å²) in [6.07, 6.45) is 7.28. The van der Waals surface area contributed by atoms with E-state index in [-0.39, 0.29) is 0 Å². The summed E-state index contributed by atoms with van der Waals surface area (Å²) in [5, 5.41) is 4.82. The first-order valence-electron chi connectivity index (χ1n) is 7.33. The van der Waals surface area contributed by atoms with Gasteiger partial charge in [-0.2, -0.15) is 0 Å². The lowest BCUT2D eigenvalue weighted by Gasteiger charge is -2.05.